The molecule has 0 radical (unpaired) electrons. The summed E-state index contributed by atoms with van der Waals surface area (Å²) < 4.78 is 0. The summed E-state index contributed by atoms with van der Waals surface area (Å²) in [6.45, 7) is 6.82. The van der Waals surface area contributed by atoms with Crippen LogP contribution in [0.4, 0.5) is 17.5 Å². The second-order valence-corrected chi connectivity index (χ2v) is 7.66. The van der Waals surface area contributed by atoms with E-state index in [1.165, 1.54) is 5.56 Å². The molecule has 2 aromatic rings. The van der Waals surface area contributed by atoms with Gasteiger partial charge in [0.2, 0.25) is 5.95 Å². The van der Waals surface area contributed by atoms with Gasteiger partial charge in [-0.2, -0.15) is 4.98 Å². The highest BCUT2D eigenvalue weighted by Gasteiger charge is 2.18. The second-order valence-electron chi connectivity index (χ2n) is 7.26. The van der Waals surface area contributed by atoms with Gasteiger partial charge in [0, 0.05) is 44.5 Å². The maximum absolute atomic E-state index is 6.00. The molecule has 0 atom stereocenters. The van der Waals surface area contributed by atoms with E-state index in [1.54, 1.807) is 0 Å². The second kappa shape index (κ2) is 9.91. The molecule has 152 valence electrons. The molecule has 0 saturated carbocycles. The largest absolute Gasteiger partial charge is 0.398 e. The molecule has 28 heavy (non-hydrogen) atoms. The lowest BCUT2D eigenvalue weighted by Crippen LogP contribution is -2.43. The van der Waals surface area contributed by atoms with E-state index in [4.69, 9.17) is 17.3 Å². The van der Waals surface area contributed by atoms with Gasteiger partial charge < -0.3 is 21.7 Å². The van der Waals surface area contributed by atoms with Crippen molar-refractivity contribution >= 4 is 29.1 Å². The molecule has 1 aliphatic heterocycles. The summed E-state index contributed by atoms with van der Waals surface area (Å²) in [4.78, 5) is 11.2. The van der Waals surface area contributed by atoms with E-state index in [2.05, 4.69) is 36.9 Å². The number of nitrogens with zero attached hydrogens (tertiary/aromatic N) is 3. The van der Waals surface area contributed by atoms with Gasteiger partial charge in [-0.25, -0.2) is 4.98 Å². The molecule has 1 aromatic heterocycles. The van der Waals surface area contributed by atoms with E-state index in [0.717, 1.165) is 57.1 Å². The average Bonchev–Trinajstić information content (AvgIpc) is 2.69. The smallest absolute Gasteiger partial charge is 0.224 e. The van der Waals surface area contributed by atoms with Gasteiger partial charge in [0.05, 0.1) is 10.7 Å². The zero-order chi connectivity index (χ0) is 19.9. The minimum absolute atomic E-state index is 0.563. The zero-order valence-electron chi connectivity index (χ0n) is 16.6. The number of aryl methyl sites for hydroxylation is 1. The maximum Gasteiger partial charge on any atom is 0.224 e. The highest BCUT2D eigenvalue weighted by atomic mass is 35.5. The minimum Gasteiger partial charge on any atom is -0.398 e. The van der Waals surface area contributed by atoms with Crippen LogP contribution in [0, 0.1) is 6.92 Å². The van der Waals surface area contributed by atoms with Gasteiger partial charge in [-0.3, -0.25) is 4.90 Å². The monoisotopic (exact) mass is 403 g/mol. The number of rotatable bonds is 8. The first-order valence-corrected chi connectivity index (χ1v) is 10.2. The lowest BCUT2D eigenvalue weighted by Gasteiger charge is -2.32. The highest BCUT2D eigenvalue weighted by molar-refractivity contribution is 6.33. The first kappa shape index (κ1) is 20.6. The van der Waals surface area contributed by atoms with Crippen molar-refractivity contribution < 1.29 is 0 Å². The van der Waals surface area contributed by atoms with Crippen molar-refractivity contribution in [3.63, 3.8) is 0 Å². The number of nitrogen functional groups attached to an aromatic ring is 1. The number of hydrogen-bond donors (Lipinski definition) is 4. The third-order valence-electron chi connectivity index (χ3n) is 5.00. The predicted octanol–water partition coefficient (Wildman–Crippen LogP) is 2.73. The molecule has 1 saturated heterocycles. The highest BCUT2D eigenvalue weighted by Crippen LogP contribution is 2.21. The number of nitrogens with two attached hydrogens (primary N) is 1. The number of anilines is 3. The quantitative estimate of drug-likeness (QED) is 0.398. The van der Waals surface area contributed by atoms with E-state index in [0.29, 0.717) is 22.7 Å². The van der Waals surface area contributed by atoms with Crippen LogP contribution in [-0.4, -0.2) is 54.1 Å². The summed E-state index contributed by atoms with van der Waals surface area (Å²) in [5, 5.41) is 10.6. The third kappa shape index (κ3) is 5.95. The molecule has 8 heteroatoms. The Morgan fingerprint density at radius 3 is 2.68 bits per heavy atom. The van der Waals surface area contributed by atoms with Gasteiger partial charge in [-0.05, 0) is 50.6 Å². The van der Waals surface area contributed by atoms with Crippen LogP contribution in [0.5, 0.6) is 0 Å². The average molecular weight is 404 g/mol. The van der Waals surface area contributed by atoms with E-state index >= 15 is 0 Å². The van der Waals surface area contributed by atoms with Crippen molar-refractivity contribution in [3.05, 3.63) is 40.5 Å². The van der Waals surface area contributed by atoms with Crippen molar-refractivity contribution in [2.24, 2.45) is 0 Å². The van der Waals surface area contributed by atoms with Crippen molar-refractivity contribution in [2.75, 3.05) is 49.6 Å². The van der Waals surface area contributed by atoms with Gasteiger partial charge >= 0.3 is 0 Å². The lowest BCUT2D eigenvalue weighted by molar-refractivity contribution is 0.191. The van der Waals surface area contributed by atoms with E-state index in [9.17, 15) is 0 Å². The number of likely N-dealkylation sites (tertiary alicyclic amines) is 1. The molecule has 1 aliphatic rings. The van der Waals surface area contributed by atoms with E-state index in [1.807, 2.05) is 32.2 Å². The Morgan fingerprint density at radius 2 is 1.96 bits per heavy atom. The van der Waals surface area contributed by atoms with E-state index in [-0.39, 0.29) is 0 Å². The summed E-state index contributed by atoms with van der Waals surface area (Å²) >= 11 is 6.00. The molecule has 3 rings (SSSR count). The van der Waals surface area contributed by atoms with Crippen LogP contribution < -0.4 is 21.7 Å². The Hall–Kier alpha value is -2.09. The number of hydrogen-bond acceptors (Lipinski definition) is 7. The number of piperidine rings is 1. The predicted molar refractivity (Wildman–Crippen MR) is 117 cm³/mol. The standard InChI is InChI=1S/C20H30ClN7/c1-14-11-19(27-20(23-2)26-14)25-8-7-24-16-5-9-28(10-6-16)13-15-3-4-17(21)18(22)12-15/h3-4,11-12,16,24H,5-10,13,22H2,1-2H3,(H2,23,25,26,27). The van der Waals surface area contributed by atoms with Crippen LogP contribution in [0.2, 0.25) is 5.02 Å². The van der Waals surface area contributed by atoms with E-state index < -0.39 is 0 Å². The van der Waals surface area contributed by atoms with Crippen LogP contribution in [0.15, 0.2) is 24.3 Å². The SMILES string of the molecule is CNc1nc(C)cc(NCCNC2CCN(Cc3ccc(Cl)c(N)c3)CC2)n1. The molecule has 0 bridgehead atoms. The number of benzene rings is 1. The van der Waals surface area contributed by atoms with Crippen molar-refractivity contribution in [1.82, 2.24) is 20.2 Å². The number of aromatic nitrogens is 2. The minimum atomic E-state index is 0.563. The Bertz CT molecular complexity index is 775. The fourth-order valence-corrected chi connectivity index (χ4v) is 3.60. The van der Waals surface area contributed by atoms with Crippen molar-refractivity contribution in [2.45, 2.75) is 32.4 Å². The maximum atomic E-state index is 6.00. The lowest BCUT2D eigenvalue weighted by atomic mass is 10.0. The first-order chi connectivity index (χ1) is 13.5. The summed E-state index contributed by atoms with van der Waals surface area (Å²) in [5.41, 5.74) is 8.73. The third-order valence-corrected chi connectivity index (χ3v) is 5.34. The molecule has 1 aromatic carbocycles. The normalized spacial score (nSPS) is 15.5. The van der Waals surface area contributed by atoms with Crippen LogP contribution >= 0.6 is 11.6 Å². The first-order valence-electron chi connectivity index (χ1n) is 9.80. The molecule has 0 amide bonds. The fraction of sp³-hybridized carbons (Fsp3) is 0.500. The Balaban J connectivity index is 1.35. The zero-order valence-corrected chi connectivity index (χ0v) is 17.4. The van der Waals surface area contributed by atoms with Gasteiger partial charge in [-0.15, -0.1) is 0 Å². The van der Waals surface area contributed by atoms with Gasteiger partial charge in [-0.1, -0.05) is 17.7 Å². The number of nitrogens with one attached hydrogen (secondary N) is 3. The molecule has 1 fully saturated rings. The topological polar surface area (TPSA) is 91.1 Å². The Morgan fingerprint density at radius 1 is 1.18 bits per heavy atom. The molecule has 5 N–H and O–H groups in total. The molecule has 0 spiro atoms. The van der Waals surface area contributed by atoms with Crippen molar-refractivity contribution in [3.8, 4) is 0 Å². The van der Waals surface area contributed by atoms with Gasteiger partial charge in [0.25, 0.3) is 0 Å². The summed E-state index contributed by atoms with van der Waals surface area (Å²) in [7, 11) is 1.83. The van der Waals surface area contributed by atoms with Crippen LogP contribution in [-0.2, 0) is 6.54 Å². The molecule has 2 heterocycles. The van der Waals surface area contributed by atoms with Crippen LogP contribution in [0.3, 0.4) is 0 Å². The Labute approximate surface area is 172 Å². The molecular formula is C20H30ClN7. The van der Waals surface area contributed by atoms with Crippen LogP contribution in [0.1, 0.15) is 24.1 Å². The molecular weight excluding hydrogens is 374 g/mol. The van der Waals surface area contributed by atoms with Crippen LogP contribution in [0.25, 0.3) is 0 Å². The number of halogens is 1. The van der Waals surface area contributed by atoms with Gasteiger partial charge in [0.1, 0.15) is 5.82 Å². The molecule has 0 aliphatic carbocycles. The molecule has 0 unspecified atom stereocenters. The summed E-state index contributed by atoms with van der Waals surface area (Å²) in [6, 6.07) is 8.44. The summed E-state index contributed by atoms with van der Waals surface area (Å²) in [6.07, 6.45) is 2.30. The van der Waals surface area contributed by atoms with Crippen molar-refractivity contribution in [1.29, 1.82) is 0 Å². The Kier molecular flexibility index (Phi) is 7.30. The molecule has 7 nitrogen and oxygen atoms in total. The fourth-order valence-electron chi connectivity index (χ4n) is 3.48. The summed E-state index contributed by atoms with van der Waals surface area (Å²) in [5.74, 6) is 1.50. The van der Waals surface area contributed by atoms with Gasteiger partial charge in [0.15, 0.2) is 0 Å².